The molecule has 5 heteroatoms. The second kappa shape index (κ2) is 6.18. The van der Waals surface area contributed by atoms with Gasteiger partial charge in [-0.3, -0.25) is 0 Å². The van der Waals surface area contributed by atoms with Crippen molar-refractivity contribution in [2.75, 3.05) is 18.5 Å². The molecule has 1 rings (SSSR count). The van der Waals surface area contributed by atoms with Gasteiger partial charge in [-0.15, -0.1) is 11.3 Å². The van der Waals surface area contributed by atoms with E-state index in [9.17, 15) is 4.79 Å². The van der Waals surface area contributed by atoms with Gasteiger partial charge in [0.15, 0.2) is 10.8 Å². The molecule has 1 aromatic rings. The summed E-state index contributed by atoms with van der Waals surface area (Å²) in [6.45, 7) is 11.8. The van der Waals surface area contributed by atoms with Crippen molar-refractivity contribution in [1.82, 2.24) is 4.98 Å². The molecule has 1 N–H and O–H groups in total. The number of hydrogen-bond acceptors (Lipinski definition) is 5. The van der Waals surface area contributed by atoms with E-state index in [1.54, 1.807) is 12.3 Å². The molecule has 18 heavy (non-hydrogen) atoms. The highest BCUT2D eigenvalue weighted by Gasteiger charge is 2.22. The number of ether oxygens (including phenoxy) is 1. The molecule has 0 fully saturated rings. The van der Waals surface area contributed by atoms with Gasteiger partial charge in [0.25, 0.3) is 0 Å². The van der Waals surface area contributed by atoms with Crippen molar-refractivity contribution >= 4 is 22.4 Å². The minimum absolute atomic E-state index is 0.190. The molecule has 0 atom stereocenters. The van der Waals surface area contributed by atoms with E-state index in [-0.39, 0.29) is 11.4 Å². The van der Waals surface area contributed by atoms with Crippen LogP contribution in [0.2, 0.25) is 0 Å². The summed E-state index contributed by atoms with van der Waals surface area (Å²) in [5.74, 6) is 0.222. The molecule has 102 valence electrons. The minimum atomic E-state index is -0.357. The topological polar surface area (TPSA) is 51.2 Å². The van der Waals surface area contributed by atoms with E-state index >= 15 is 0 Å². The lowest BCUT2D eigenvalue weighted by Gasteiger charge is -2.29. The van der Waals surface area contributed by atoms with Gasteiger partial charge in [-0.25, -0.2) is 9.78 Å². The lowest BCUT2D eigenvalue weighted by molar-refractivity contribution is 0.0520. The van der Waals surface area contributed by atoms with Crippen LogP contribution < -0.4 is 5.32 Å². The fourth-order valence-electron chi connectivity index (χ4n) is 1.16. The molecule has 0 amide bonds. The molecule has 0 saturated heterocycles. The van der Waals surface area contributed by atoms with Crippen LogP contribution in [0.5, 0.6) is 0 Å². The Labute approximate surface area is 113 Å². The van der Waals surface area contributed by atoms with Crippen LogP contribution in [0.3, 0.4) is 0 Å². The first-order valence-electron chi connectivity index (χ1n) is 6.23. The third-order valence-corrected chi connectivity index (χ3v) is 4.05. The Morgan fingerprint density at radius 2 is 2.22 bits per heavy atom. The van der Waals surface area contributed by atoms with Crippen LogP contribution in [-0.2, 0) is 4.74 Å². The number of anilines is 1. The van der Waals surface area contributed by atoms with Gasteiger partial charge in [0.1, 0.15) is 0 Å². The van der Waals surface area contributed by atoms with Gasteiger partial charge in [0, 0.05) is 11.9 Å². The summed E-state index contributed by atoms with van der Waals surface area (Å²) in [4.78, 5) is 15.7. The highest BCUT2D eigenvalue weighted by molar-refractivity contribution is 7.13. The van der Waals surface area contributed by atoms with E-state index < -0.39 is 0 Å². The Kier molecular flexibility index (Phi) is 5.14. The van der Waals surface area contributed by atoms with Crippen molar-refractivity contribution in [3.63, 3.8) is 0 Å². The Hall–Kier alpha value is -1.10. The van der Waals surface area contributed by atoms with Gasteiger partial charge in [0.2, 0.25) is 0 Å². The molecular formula is C13H22N2O2S. The molecule has 0 aromatic carbocycles. The summed E-state index contributed by atoms with van der Waals surface area (Å²) in [6, 6.07) is 0. The van der Waals surface area contributed by atoms with Gasteiger partial charge < -0.3 is 10.1 Å². The molecule has 0 aliphatic rings. The number of nitrogens with zero attached hydrogens (tertiary/aromatic N) is 1. The van der Waals surface area contributed by atoms with E-state index in [0.717, 1.165) is 11.7 Å². The van der Waals surface area contributed by atoms with Gasteiger partial charge >= 0.3 is 5.97 Å². The Morgan fingerprint density at radius 3 is 2.78 bits per heavy atom. The average Bonchev–Trinajstić information content (AvgIpc) is 2.75. The molecule has 0 saturated carbocycles. The average molecular weight is 270 g/mol. The van der Waals surface area contributed by atoms with Crippen LogP contribution >= 0.6 is 11.3 Å². The monoisotopic (exact) mass is 270 g/mol. The van der Waals surface area contributed by atoms with Crippen LogP contribution in [0, 0.1) is 11.3 Å². The van der Waals surface area contributed by atoms with E-state index in [0.29, 0.717) is 18.2 Å². The maximum atomic E-state index is 11.5. The van der Waals surface area contributed by atoms with Crippen molar-refractivity contribution in [1.29, 1.82) is 0 Å². The molecule has 0 aliphatic heterocycles. The molecular weight excluding hydrogens is 248 g/mol. The number of rotatable bonds is 6. The highest BCUT2D eigenvalue weighted by atomic mass is 32.1. The molecule has 1 aromatic heterocycles. The number of hydrogen-bond donors (Lipinski definition) is 1. The van der Waals surface area contributed by atoms with Gasteiger partial charge in [-0.1, -0.05) is 27.7 Å². The van der Waals surface area contributed by atoms with Gasteiger partial charge in [0.05, 0.1) is 6.61 Å². The number of esters is 1. The second-order valence-electron chi connectivity index (χ2n) is 5.26. The molecule has 0 bridgehead atoms. The minimum Gasteiger partial charge on any atom is -0.461 e. The van der Waals surface area contributed by atoms with Crippen LogP contribution in [0.4, 0.5) is 5.13 Å². The fraction of sp³-hybridized carbons (Fsp3) is 0.692. The number of nitrogens with one attached hydrogen (secondary N) is 1. The molecule has 4 nitrogen and oxygen atoms in total. The number of thiazole rings is 1. The first kappa shape index (κ1) is 15.0. The van der Waals surface area contributed by atoms with E-state index in [4.69, 9.17) is 4.74 Å². The summed E-state index contributed by atoms with van der Waals surface area (Å²) in [6.07, 6.45) is 0. The summed E-state index contributed by atoms with van der Waals surface area (Å²) in [7, 11) is 0. The Morgan fingerprint density at radius 1 is 1.56 bits per heavy atom. The van der Waals surface area contributed by atoms with Gasteiger partial charge in [-0.2, -0.15) is 0 Å². The first-order chi connectivity index (χ1) is 8.36. The number of aromatic nitrogens is 1. The standard InChI is InChI=1S/C13H22N2O2S/c1-6-17-11(16)10-7-18-12(15-10)14-8-13(4,5)9(2)3/h7,9H,6,8H2,1-5H3,(H,14,15). The number of carbonyl (C=O) groups is 1. The summed E-state index contributed by atoms with van der Waals surface area (Å²) in [5, 5.41) is 5.78. The lowest BCUT2D eigenvalue weighted by Crippen LogP contribution is -2.28. The van der Waals surface area contributed by atoms with Crippen LogP contribution in [0.25, 0.3) is 0 Å². The molecule has 0 radical (unpaired) electrons. The zero-order chi connectivity index (χ0) is 13.8. The van der Waals surface area contributed by atoms with Gasteiger partial charge in [-0.05, 0) is 18.3 Å². The molecule has 0 spiro atoms. The SMILES string of the molecule is CCOC(=O)c1csc(NCC(C)(C)C(C)C)n1. The molecule has 1 heterocycles. The summed E-state index contributed by atoms with van der Waals surface area (Å²) in [5.41, 5.74) is 0.571. The zero-order valence-corrected chi connectivity index (χ0v) is 12.6. The molecule has 0 aliphatic carbocycles. The van der Waals surface area contributed by atoms with E-state index in [1.165, 1.54) is 11.3 Å². The third-order valence-electron chi connectivity index (χ3n) is 3.25. The third kappa shape index (κ3) is 3.98. The van der Waals surface area contributed by atoms with Crippen LogP contribution in [0.1, 0.15) is 45.1 Å². The fourth-order valence-corrected chi connectivity index (χ4v) is 1.84. The lowest BCUT2D eigenvalue weighted by atomic mass is 9.81. The summed E-state index contributed by atoms with van der Waals surface area (Å²) >= 11 is 1.43. The van der Waals surface area contributed by atoms with Crippen LogP contribution in [0.15, 0.2) is 5.38 Å². The van der Waals surface area contributed by atoms with E-state index in [1.807, 2.05) is 0 Å². The maximum Gasteiger partial charge on any atom is 0.357 e. The van der Waals surface area contributed by atoms with Crippen molar-refractivity contribution in [2.24, 2.45) is 11.3 Å². The maximum absolute atomic E-state index is 11.5. The van der Waals surface area contributed by atoms with Crippen molar-refractivity contribution in [3.8, 4) is 0 Å². The smallest absolute Gasteiger partial charge is 0.357 e. The molecule has 0 unspecified atom stereocenters. The Bertz CT molecular complexity index is 399. The Balaban J connectivity index is 2.57. The predicted molar refractivity (Wildman–Crippen MR) is 75.2 cm³/mol. The largest absolute Gasteiger partial charge is 0.461 e. The first-order valence-corrected chi connectivity index (χ1v) is 7.11. The zero-order valence-electron chi connectivity index (χ0n) is 11.7. The predicted octanol–water partition coefficient (Wildman–Crippen LogP) is 3.41. The quantitative estimate of drug-likeness (QED) is 0.805. The van der Waals surface area contributed by atoms with Crippen molar-refractivity contribution < 1.29 is 9.53 Å². The highest BCUT2D eigenvalue weighted by Crippen LogP contribution is 2.27. The van der Waals surface area contributed by atoms with Crippen molar-refractivity contribution in [3.05, 3.63) is 11.1 Å². The van der Waals surface area contributed by atoms with Crippen molar-refractivity contribution in [2.45, 2.75) is 34.6 Å². The normalized spacial score (nSPS) is 11.7. The van der Waals surface area contributed by atoms with Crippen LogP contribution in [-0.4, -0.2) is 24.1 Å². The summed E-state index contributed by atoms with van der Waals surface area (Å²) < 4.78 is 4.90. The number of carbonyl (C=O) groups excluding carboxylic acids is 1. The second-order valence-corrected chi connectivity index (χ2v) is 6.11. The van der Waals surface area contributed by atoms with E-state index in [2.05, 4.69) is 38.0 Å².